The number of halogens is 2. The van der Waals surface area contributed by atoms with E-state index in [0.717, 1.165) is 17.5 Å². The third-order valence-electron chi connectivity index (χ3n) is 3.58. The van der Waals surface area contributed by atoms with Gasteiger partial charge in [0.25, 0.3) is 0 Å². The maximum absolute atomic E-state index is 10.8. The van der Waals surface area contributed by atoms with Crippen LogP contribution < -0.4 is 0 Å². The fourth-order valence-corrected chi connectivity index (χ4v) is 2.78. The molecule has 0 saturated heterocycles. The number of hydrogen-bond acceptors (Lipinski definition) is 2. The molecule has 2 aromatic carbocycles. The van der Waals surface area contributed by atoms with Gasteiger partial charge in [-0.3, -0.25) is 4.79 Å². The van der Waals surface area contributed by atoms with Crippen LogP contribution in [0.5, 0.6) is 0 Å². The summed E-state index contributed by atoms with van der Waals surface area (Å²) in [6.07, 6.45) is 0.806. The molecule has 1 unspecified atom stereocenters. The third-order valence-corrected chi connectivity index (χ3v) is 4.13. The van der Waals surface area contributed by atoms with Gasteiger partial charge in [-0.25, -0.2) is 0 Å². The second kappa shape index (κ2) is 7.66. The smallest absolute Gasteiger partial charge is 0.302 e. The first-order chi connectivity index (χ1) is 10.5. The Morgan fingerprint density at radius 2 is 1.82 bits per heavy atom. The molecule has 0 aromatic heterocycles. The summed E-state index contributed by atoms with van der Waals surface area (Å²) < 4.78 is 4.99. The van der Waals surface area contributed by atoms with E-state index in [-0.39, 0.29) is 5.97 Å². The van der Waals surface area contributed by atoms with E-state index in [0.29, 0.717) is 22.6 Å². The number of carbonyl (C=O) groups excluding carboxylic acids is 1. The van der Waals surface area contributed by atoms with Crippen LogP contribution >= 0.6 is 23.2 Å². The monoisotopic (exact) mass is 336 g/mol. The molecule has 0 amide bonds. The number of ether oxygens (including phenoxy) is 1. The Morgan fingerprint density at radius 1 is 1.14 bits per heavy atom. The lowest BCUT2D eigenvalue weighted by Crippen LogP contribution is -2.04. The molecule has 116 valence electrons. The Labute approximate surface area is 141 Å². The van der Waals surface area contributed by atoms with Gasteiger partial charge in [-0.1, -0.05) is 60.5 Å². The van der Waals surface area contributed by atoms with Crippen molar-refractivity contribution >= 4 is 29.2 Å². The van der Waals surface area contributed by atoms with E-state index in [2.05, 4.69) is 19.1 Å². The molecule has 4 heteroatoms. The Morgan fingerprint density at radius 3 is 2.41 bits per heavy atom. The molecular formula is C18H18Cl2O2. The van der Waals surface area contributed by atoms with Crippen molar-refractivity contribution < 1.29 is 9.53 Å². The maximum Gasteiger partial charge on any atom is 0.302 e. The third kappa shape index (κ3) is 4.49. The van der Waals surface area contributed by atoms with Crippen LogP contribution in [0.3, 0.4) is 0 Å². The first kappa shape index (κ1) is 16.9. The van der Waals surface area contributed by atoms with Crippen molar-refractivity contribution in [2.45, 2.75) is 26.2 Å². The average Bonchev–Trinajstić information content (AvgIpc) is 2.47. The molecule has 2 aromatic rings. The predicted molar refractivity (Wildman–Crippen MR) is 91.6 cm³/mol. The van der Waals surface area contributed by atoms with Crippen molar-refractivity contribution in [3.63, 3.8) is 0 Å². The SMILES string of the molecule is CC(=O)OCCC(C)c1ccc(-c2ccc(Cl)cc2Cl)cc1. The minimum absolute atomic E-state index is 0.236. The van der Waals surface area contributed by atoms with Crippen molar-refractivity contribution in [2.24, 2.45) is 0 Å². The van der Waals surface area contributed by atoms with Crippen molar-refractivity contribution in [3.8, 4) is 11.1 Å². The summed E-state index contributed by atoms with van der Waals surface area (Å²) in [7, 11) is 0. The molecule has 0 aliphatic carbocycles. The highest BCUT2D eigenvalue weighted by atomic mass is 35.5. The molecule has 0 aliphatic heterocycles. The van der Waals surface area contributed by atoms with Gasteiger partial charge in [-0.05, 0) is 35.6 Å². The second-order valence-corrected chi connectivity index (χ2v) is 6.12. The fraction of sp³-hybridized carbons (Fsp3) is 0.278. The quantitative estimate of drug-likeness (QED) is 0.653. The van der Waals surface area contributed by atoms with Crippen LogP contribution in [0.4, 0.5) is 0 Å². The molecule has 0 saturated carbocycles. The van der Waals surface area contributed by atoms with Gasteiger partial charge >= 0.3 is 5.97 Å². The van der Waals surface area contributed by atoms with Gasteiger partial charge in [0.2, 0.25) is 0 Å². The van der Waals surface area contributed by atoms with Gasteiger partial charge < -0.3 is 4.74 Å². The molecule has 0 radical (unpaired) electrons. The molecule has 0 fully saturated rings. The molecule has 2 nitrogen and oxygen atoms in total. The zero-order chi connectivity index (χ0) is 16.1. The van der Waals surface area contributed by atoms with Gasteiger partial charge in [-0.15, -0.1) is 0 Å². The highest BCUT2D eigenvalue weighted by Crippen LogP contribution is 2.31. The van der Waals surface area contributed by atoms with Crippen molar-refractivity contribution in [1.29, 1.82) is 0 Å². The van der Waals surface area contributed by atoms with Gasteiger partial charge in [0.15, 0.2) is 0 Å². The highest BCUT2D eigenvalue weighted by molar-refractivity contribution is 6.36. The van der Waals surface area contributed by atoms with Gasteiger partial charge in [0, 0.05) is 22.5 Å². The van der Waals surface area contributed by atoms with E-state index >= 15 is 0 Å². The van der Waals surface area contributed by atoms with E-state index in [1.807, 2.05) is 24.3 Å². The molecule has 1 atom stereocenters. The van der Waals surface area contributed by atoms with E-state index < -0.39 is 0 Å². The first-order valence-corrected chi connectivity index (χ1v) is 7.91. The standard InChI is InChI=1S/C18H18Cl2O2/c1-12(9-10-22-13(2)21)14-3-5-15(6-4-14)17-8-7-16(19)11-18(17)20/h3-8,11-12H,9-10H2,1-2H3. The number of hydrogen-bond donors (Lipinski definition) is 0. The predicted octanol–water partition coefficient (Wildman–Crippen LogP) is 5.72. The van der Waals surface area contributed by atoms with Crippen LogP contribution in [-0.2, 0) is 9.53 Å². The molecule has 2 rings (SSSR count). The summed E-state index contributed by atoms with van der Waals surface area (Å²) in [6, 6.07) is 13.8. The van der Waals surface area contributed by atoms with Gasteiger partial charge in [0.1, 0.15) is 0 Å². The van der Waals surface area contributed by atoms with E-state index in [4.69, 9.17) is 27.9 Å². The highest BCUT2D eigenvalue weighted by Gasteiger charge is 2.08. The normalized spacial score (nSPS) is 12.0. The van der Waals surface area contributed by atoms with Crippen LogP contribution in [-0.4, -0.2) is 12.6 Å². The molecule has 22 heavy (non-hydrogen) atoms. The Balaban J connectivity index is 2.08. The zero-order valence-electron chi connectivity index (χ0n) is 12.6. The van der Waals surface area contributed by atoms with E-state index in [1.54, 1.807) is 6.07 Å². The minimum atomic E-state index is -0.236. The largest absolute Gasteiger partial charge is 0.466 e. The number of rotatable bonds is 5. The molecule has 0 heterocycles. The number of carbonyl (C=O) groups is 1. The average molecular weight is 337 g/mol. The summed E-state index contributed by atoms with van der Waals surface area (Å²) in [5.74, 6) is 0.0917. The van der Waals surface area contributed by atoms with Crippen molar-refractivity contribution in [2.75, 3.05) is 6.61 Å². The van der Waals surface area contributed by atoms with Crippen LogP contribution in [0.1, 0.15) is 31.7 Å². The first-order valence-electron chi connectivity index (χ1n) is 7.16. The van der Waals surface area contributed by atoms with E-state index in [9.17, 15) is 4.79 Å². The van der Waals surface area contributed by atoms with Gasteiger partial charge in [0.05, 0.1) is 6.61 Å². The van der Waals surface area contributed by atoms with Crippen LogP contribution in [0.15, 0.2) is 42.5 Å². The summed E-state index contributed by atoms with van der Waals surface area (Å²) in [5, 5.41) is 1.27. The lowest BCUT2D eigenvalue weighted by Gasteiger charge is -2.13. The number of esters is 1. The second-order valence-electron chi connectivity index (χ2n) is 5.28. The zero-order valence-corrected chi connectivity index (χ0v) is 14.1. The maximum atomic E-state index is 10.8. The van der Waals surface area contributed by atoms with Crippen molar-refractivity contribution in [1.82, 2.24) is 0 Å². The van der Waals surface area contributed by atoms with Crippen LogP contribution in [0.25, 0.3) is 11.1 Å². The Kier molecular flexibility index (Phi) is 5.87. The Bertz CT molecular complexity index is 651. The summed E-state index contributed by atoms with van der Waals surface area (Å²) in [6.45, 7) is 3.99. The molecule has 0 aliphatic rings. The molecular weight excluding hydrogens is 319 g/mol. The topological polar surface area (TPSA) is 26.3 Å². The minimum Gasteiger partial charge on any atom is -0.466 e. The van der Waals surface area contributed by atoms with Crippen molar-refractivity contribution in [3.05, 3.63) is 58.1 Å². The molecule has 0 N–H and O–H groups in total. The van der Waals surface area contributed by atoms with Crippen LogP contribution in [0.2, 0.25) is 10.0 Å². The molecule has 0 spiro atoms. The van der Waals surface area contributed by atoms with Crippen LogP contribution in [0, 0.1) is 0 Å². The lowest BCUT2D eigenvalue weighted by atomic mass is 9.95. The summed E-state index contributed by atoms with van der Waals surface area (Å²) in [5.41, 5.74) is 3.23. The summed E-state index contributed by atoms with van der Waals surface area (Å²) >= 11 is 12.2. The van der Waals surface area contributed by atoms with Gasteiger partial charge in [-0.2, -0.15) is 0 Å². The summed E-state index contributed by atoms with van der Waals surface area (Å²) in [4.78, 5) is 10.8. The lowest BCUT2D eigenvalue weighted by molar-refractivity contribution is -0.141. The molecule has 0 bridgehead atoms. The fourth-order valence-electron chi connectivity index (χ4n) is 2.26. The Hall–Kier alpha value is -1.51. The number of benzene rings is 2. The van der Waals surface area contributed by atoms with E-state index in [1.165, 1.54) is 12.5 Å².